The van der Waals surface area contributed by atoms with Crippen molar-refractivity contribution in [2.24, 2.45) is 5.41 Å². The number of hydrogen-bond acceptors (Lipinski definition) is 5. The van der Waals surface area contributed by atoms with Crippen molar-refractivity contribution in [3.05, 3.63) is 39.9 Å². The second-order valence-electron chi connectivity index (χ2n) is 9.08. The van der Waals surface area contributed by atoms with Crippen LogP contribution in [0.5, 0.6) is 0 Å². The lowest BCUT2D eigenvalue weighted by Gasteiger charge is -2.42. The van der Waals surface area contributed by atoms with Crippen LogP contribution in [0.15, 0.2) is 23.1 Å². The molecule has 5 rings (SSSR count). The Bertz CT molecular complexity index is 1060. The highest BCUT2D eigenvalue weighted by Crippen LogP contribution is 2.45. The first-order valence-corrected chi connectivity index (χ1v) is 11.1. The topological polar surface area (TPSA) is 85.9 Å². The lowest BCUT2D eigenvalue weighted by molar-refractivity contribution is -0.00540. The Morgan fingerprint density at radius 1 is 1.19 bits per heavy atom. The molecule has 3 fully saturated rings. The molecule has 7 nitrogen and oxygen atoms in total. The van der Waals surface area contributed by atoms with E-state index in [0.717, 1.165) is 32.1 Å². The van der Waals surface area contributed by atoms with Crippen molar-refractivity contribution in [3.8, 4) is 0 Å². The van der Waals surface area contributed by atoms with Gasteiger partial charge in [0.1, 0.15) is 11.4 Å². The SMILES string of the molecule is O=C(c1c[nH]c2cc(N3CCOCC3)c(F)cc2c1=O)N1CCC[C@]2(CCC[C@H]2O)C1. The minimum Gasteiger partial charge on any atom is -0.392 e. The molecule has 2 saturated heterocycles. The Morgan fingerprint density at radius 3 is 2.71 bits per heavy atom. The molecule has 1 aliphatic carbocycles. The van der Waals surface area contributed by atoms with Gasteiger partial charge in [-0.05, 0) is 37.8 Å². The number of anilines is 1. The highest BCUT2D eigenvalue weighted by atomic mass is 19.1. The molecule has 1 amide bonds. The fraction of sp³-hybridized carbons (Fsp3) is 0.565. The van der Waals surface area contributed by atoms with Gasteiger partial charge in [-0.1, -0.05) is 6.42 Å². The number of piperidine rings is 1. The van der Waals surface area contributed by atoms with E-state index in [9.17, 15) is 19.1 Å². The van der Waals surface area contributed by atoms with Crippen LogP contribution in [-0.4, -0.2) is 66.4 Å². The molecule has 31 heavy (non-hydrogen) atoms. The summed E-state index contributed by atoms with van der Waals surface area (Å²) in [4.78, 5) is 33.0. The molecular weight excluding hydrogens is 401 g/mol. The monoisotopic (exact) mass is 429 g/mol. The number of hydrogen-bond donors (Lipinski definition) is 2. The molecule has 1 aromatic carbocycles. The molecule has 1 spiro atoms. The molecule has 1 aromatic heterocycles. The zero-order valence-electron chi connectivity index (χ0n) is 17.5. The van der Waals surface area contributed by atoms with E-state index in [4.69, 9.17) is 4.74 Å². The number of carbonyl (C=O) groups is 1. The lowest BCUT2D eigenvalue weighted by atomic mass is 9.76. The Labute approximate surface area is 179 Å². The van der Waals surface area contributed by atoms with E-state index < -0.39 is 17.3 Å². The molecule has 3 aliphatic rings. The number of aromatic nitrogens is 1. The van der Waals surface area contributed by atoms with E-state index in [1.807, 2.05) is 4.90 Å². The predicted octanol–water partition coefficient (Wildman–Crippen LogP) is 2.27. The maximum Gasteiger partial charge on any atom is 0.259 e. The Kier molecular flexibility index (Phi) is 5.22. The first-order valence-electron chi connectivity index (χ1n) is 11.1. The van der Waals surface area contributed by atoms with Crippen LogP contribution in [0.3, 0.4) is 0 Å². The van der Waals surface area contributed by atoms with Crippen molar-refractivity contribution in [3.63, 3.8) is 0 Å². The van der Waals surface area contributed by atoms with Crippen LogP contribution in [0.25, 0.3) is 10.9 Å². The standard InChI is InChI=1S/C23H28FN3O4/c24-17-11-15-18(12-19(17)26-7-9-31-10-8-26)25-13-16(21(15)29)22(30)27-6-2-5-23(14-27)4-1-3-20(23)28/h11-13,20,28H,1-10,14H2,(H,25,29)/t20-,23-/m1/s1. The Balaban J connectivity index is 1.45. The van der Waals surface area contributed by atoms with Gasteiger partial charge in [-0.2, -0.15) is 0 Å². The van der Waals surface area contributed by atoms with E-state index in [0.29, 0.717) is 50.6 Å². The van der Waals surface area contributed by atoms with Gasteiger partial charge in [0.05, 0.1) is 30.5 Å². The summed E-state index contributed by atoms with van der Waals surface area (Å²) in [5, 5.41) is 10.6. The average Bonchev–Trinajstić information content (AvgIpc) is 3.13. The molecule has 3 heterocycles. The summed E-state index contributed by atoms with van der Waals surface area (Å²) in [5.41, 5.74) is 0.245. The number of halogens is 1. The number of pyridine rings is 1. The number of amides is 1. The van der Waals surface area contributed by atoms with Crippen LogP contribution >= 0.6 is 0 Å². The van der Waals surface area contributed by atoms with E-state index in [1.54, 1.807) is 11.0 Å². The number of nitrogens with one attached hydrogen (secondary N) is 1. The zero-order valence-corrected chi connectivity index (χ0v) is 17.5. The van der Waals surface area contributed by atoms with Gasteiger partial charge in [-0.25, -0.2) is 4.39 Å². The van der Waals surface area contributed by atoms with E-state index in [1.165, 1.54) is 12.3 Å². The Morgan fingerprint density at radius 2 is 1.97 bits per heavy atom. The summed E-state index contributed by atoms with van der Waals surface area (Å²) in [7, 11) is 0. The summed E-state index contributed by atoms with van der Waals surface area (Å²) in [6.45, 7) is 3.28. The third-order valence-electron chi connectivity index (χ3n) is 7.29. The molecule has 1 saturated carbocycles. The number of H-pyrrole nitrogens is 1. The van der Waals surface area contributed by atoms with Gasteiger partial charge in [-0.3, -0.25) is 9.59 Å². The lowest BCUT2D eigenvalue weighted by Crippen LogP contribution is -2.50. The van der Waals surface area contributed by atoms with Gasteiger partial charge in [0.2, 0.25) is 5.43 Å². The van der Waals surface area contributed by atoms with Crippen LogP contribution < -0.4 is 10.3 Å². The molecule has 2 aromatic rings. The molecular formula is C23H28FN3O4. The van der Waals surface area contributed by atoms with Crippen molar-refractivity contribution in [2.45, 2.75) is 38.2 Å². The molecule has 2 N–H and O–H groups in total. The number of benzene rings is 1. The second kappa shape index (κ2) is 7.91. The predicted molar refractivity (Wildman–Crippen MR) is 115 cm³/mol. The minimum atomic E-state index is -0.476. The number of aliphatic hydroxyl groups is 1. The minimum absolute atomic E-state index is 0.0237. The number of nitrogens with zero attached hydrogens (tertiary/aromatic N) is 2. The average molecular weight is 429 g/mol. The molecule has 0 unspecified atom stereocenters. The summed E-state index contributed by atoms with van der Waals surface area (Å²) < 4.78 is 20.2. The van der Waals surface area contributed by atoms with E-state index in [2.05, 4.69) is 4.98 Å². The number of aromatic amines is 1. The Hall–Kier alpha value is -2.45. The molecule has 8 heteroatoms. The number of likely N-dealkylation sites (tertiary alicyclic amines) is 1. The van der Waals surface area contributed by atoms with Crippen molar-refractivity contribution in [2.75, 3.05) is 44.3 Å². The van der Waals surface area contributed by atoms with Gasteiger partial charge in [-0.15, -0.1) is 0 Å². The highest BCUT2D eigenvalue weighted by Gasteiger charge is 2.45. The number of morpholine rings is 1. The van der Waals surface area contributed by atoms with Crippen LogP contribution in [0, 0.1) is 11.2 Å². The van der Waals surface area contributed by atoms with Crippen LogP contribution in [0.1, 0.15) is 42.5 Å². The third-order valence-corrected chi connectivity index (χ3v) is 7.29. The largest absolute Gasteiger partial charge is 0.392 e. The first kappa shape index (κ1) is 20.5. The smallest absolute Gasteiger partial charge is 0.259 e. The molecule has 2 aliphatic heterocycles. The van der Waals surface area contributed by atoms with Crippen molar-refractivity contribution < 1.29 is 19.0 Å². The van der Waals surface area contributed by atoms with Crippen LogP contribution in [0.2, 0.25) is 0 Å². The van der Waals surface area contributed by atoms with E-state index in [-0.39, 0.29) is 22.3 Å². The van der Waals surface area contributed by atoms with Crippen LogP contribution in [0.4, 0.5) is 10.1 Å². The quantitative estimate of drug-likeness (QED) is 0.765. The second-order valence-corrected chi connectivity index (χ2v) is 9.08. The number of ether oxygens (including phenoxy) is 1. The summed E-state index contributed by atoms with van der Waals surface area (Å²) >= 11 is 0. The maximum absolute atomic E-state index is 14.9. The molecule has 2 atom stereocenters. The maximum atomic E-state index is 14.9. The number of aliphatic hydroxyl groups excluding tert-OH is 1. The van der Waals surface area contributed by atoms with Crippen molar-refractivity contribution in [1.82, 2.24) is 9.88 Å². The highest BCUT2D eigenvalue weighted by molar-refractivity contribution is 5.97. The van der Waals surface area contributed by atoms with Crippen molar-refractivity contribution >= 4 is 22.5 Å². The van der Waals surface area contributed by atoms with Crippen LogP contribution in [-0.2, 0) is 4.74 Å². The molecule has 166 valence electrons. The van der Waals surface area contributed by atoms with Crippen molar-refractivity contribution in [1.29, 1.82) is 0 Å². The van der Waals surface area contributed by atoms with Gasteiger partial charge >= 0.3 is 0 Å². The van der Waals surface area contributed by atoms with Gasteiger partial charge in [0, 0.05) is 43.2 Å². The summed E-state index contributed by atoms with van der Waals surface area (Å²) in [6.07, 6.45) is 5.40. The summed E-state index contributed by atoms with van der Waals surface area (Å²) in [5.74, 6) is -0.825. The fourth-order valence-electron chi connectivity index (χ4n) is 5.54. The zero-order chi connectivity index (χ0) is 21.6. The number of rotatable bonds is 2. The molecule has 0 bridgehead atoms. The van der Waals surface area contributed by atoms with Gasteiger partial charge in [0.15, 0.2) is 0 Å². The number of fused-ring (bicyclic) bond motifs is 1. The fourth-order valence-corrected chi connectivity index (χ4v) is 5.54. The van der Waals surface area contributed by atoms with E-state index >= 15 is 0 Å². The molecule has 0 radical (unpaired) electrons. The first-order chi connectivity index (χ1) is 15.0. The van der Waals surface area contributed by atoms with Gasteiger partial charge in [0.25, 0.3) is 5.91 Å². The van der Waals surface area contributed by atoms with Gasteiger partial charge < -0.3 is 24.6 Å². The number of carbonyl (C=O) groups excluding carboxylic acids is 1. The normalized spacial score (nSPS) is 26.7. The third kappa shape index (κ3) is 3.51. The summed E-state index contributed by atoms with van der Waals surface area (Å²) in [6, 6.07) is 2.87.